The topological polar surface area (TPSA) is 3.24 Å². The number of halogens is 3. The summed E-state index contributed by atoms with van der Waals surface area (Å²) in [5.74, 6) is -1.50. The zero-order valence-corrected chi connectivity index (χ0v) is 9.15. The Bertz CT molecular complexity index is 350. The van der Waals surface area contributed by atoms with Gasteiger partial charge in [0.2, 0.25) is 0 Å². The van der Waals surface area contributed by atoms with Crippen molar-refractivity contribution in [3.63, 3.8) is 0 Å². The van der Waals surface area contributed by atoms with E-state index >= 15 is 0 Å². The molecule has 2 rings (SSSR count). The van der Waals surface area contributed by atoms with E-state index in [0.29, 0.717) is 16.6 Å². The lowest BCUT2D eigenvalue weighted by atomic mass is 10.1. The van der Waals surface area contributed by atoms with Gasteiger partial charge < -0.3 is 0 Å². The quantitative estimate of drug-likeness (QED) is 0.741. The molecule has 0 radical (unpaired) electrons. The van der Waals surface area contributed by atoms with Crippen LogP contribution in [0.5, 0.6) is 0 Å². The van der Waals surface area contributed by atoms with E-state index in [0.717, 1.165) is 25.6 Å². The number of likely N-dealkylation sites (tertiary alicyclic amines) is 1. The summed E-state index contributed by atoms with van der Waals surface area (Å²) in [5, 5.41) is 0. The van der Waals surface area contributed by atoms with Crippen molar-refractivity contribution >= 4 is 15.9 Å². The summed E-state index contributed by atoms with van der Waals surface area (Å²) >= 11 is 3.15. The van der Waals surface area contributed by atoms with Gasteiger partial charge in [0.25, 0.3) is 0 Å². The molecule has 0 amide bonds. The van der Waals surface area contributed by atoms with Gasteiger partial charge in [0, 0.05) is 16.6 Å². The summed E-state index contributed by atoms with van der Waals surface area (Å²) in [6, 6.07) is 2.78. The molecule has 1 fully saturated rings. The lowest BCUT2D eigenvalue weighted by molar-refractivity contribution is 0.170. The molecule has 1 aromatic carbocycles. The highest BCUT2D eigenvalue weighted by atomic mass is 79.9. The number of nitrogens with zero attached hydrogens (tertiary/aromatic N) is 1. The van der Waals surface area contributed by atoms with Crippen LogP contribution in [0.1, 0.15) is 12.0 Å². The van der Waals surface area contributed by atoms with Crippen LogP contribution in [0.25, 0.3) is 0 Å². The van der Waals surface area contributed by atoms with E-state index in [1.165, 1.54) is 0 Å². The zero-order chi connectivity index (χ0) is 10.1. The molecule has 1 aliphatic rings. The second kappa shape index (κ2) is 3.95. The van der Waals surface area contributed by atoms with Crippen LogP contribution in [0.3, 0.4) is 0 Å². The van der Waals surface area contributed by atoms with E-state index in [4.69, 9.17) is 0 Å². The molecule has 1 aromatic rings. The van der Waals surface area contributed by atoms with Crippen LogP contribution in [-0.4, -0.2) is 18.0 Å². The van der Waals surface area contributed by atoms with Gasteiger partial charge in [-0.05, 0) is 31.6 Å². The van der Waals surface area contributed by atoms with E-state index in [9.17, 15) is 8.78 Å². The van der Waals surface area contributed by atoms with Gasteiger partial charge in [0.05, 0.1) is 0 Å². The fraction of sp³-hybridized carbons (Fsp3) is 0.400. The van der Waals surface area contributed by atoms with Crippen LogP contribution in [0.4, 0.5) is 8.78 Å². The van der Waals surface area contributed by atoms with E-state index in [1.54, 1.807) is 6.07 Å². The summed E-state index contributed by atoms with van der Waals surface area (Å²) < 4.78 is 26.9. The SMILES string of the molecule is Fc1cc(Br)cc(CN2CCC2)c1F. The Morgan fingerprint density at radius 3 is 2.57 bits per heavy atom. The minimum Gasteiger partial charge on any atom is -0.299 e. The van der Waals surface area contributed by atoms with Crippen molar-refractivity contribution in [3.05, 3.63) is 33.8 Å². The molecule has 1 saturated heterocycles. The van der Waals surface area contributed by atoms with Crippen molar-refractivity contribution in [2.24, 2.45) is 0 Å². The minimum absolute atomic E-state index is 0.427. The smallest absolute Gasteiger partial charge is 0.163 e. The van der Waals surface area contributed by atoms with Crippen molar-refractivity contribution in [3.8, 4) is 0 Å². The van der Waals surface area contributed by atoms with E-state index in [1.807, 2.05) is 0 Å². The summed E-state index contributed by atoms with van der Waals surface area (Å²) in [6.07, 6.45) is 1.15. The van der Waals surface area contributed by atoms with Crippen LogP contribution >= 0.6 is 15.9 Å². The Morgan fingerprint density at radius 1 is 1.29 bits per heavy atom. The van der Waals surface area contributed by atoms with Gasteiger partial charge in [-0.2, -0.15) is 0 Å². The molecule has 0 aromatic heterocycles. The molecule has 0 atom stereocenters. The average molecular weight is 262 g/mol. The monoisotopic (exact) mass is 261 g/mol. The normalized spacial score (nSPS) is 16.8. The maximum Gasteiger partial charge on any atom is 0.163 e. The summed E-state index contributed by atoms with van der Waals surface area (Å²) in [4.78, 5) is 2.09. The van der Waals surface area contributed by atoms with Gasteiger partial charge in [0.1, 0.15) is 0 Å². The number of benzene rings is 1. The molecule has 4 heteroatoms. The minimum atomic E-state index is -0.783. The Labute approximate surface area is 89.8 Å². The first-order valence-corrected chi connectivity index (χ1v) is 5.32. The van der Waals surface area contributed by atoms with E-state index in [2.05, 4.69) is 20.8 Å². The van der Waals surface area contributed by atoms with Crippen LogP contribution in [-0.2, 0) is 6.54 Å². The van der Waals surface area contributed by atoms with Crippen molar-refractivity contribution < 1.29 is 8.78 Å². The third kappa shape index (κ3) is 1.96. The molecule has 0 unspecified atom stereocenters. The fourth-order valence-electron chi connectivity index (χ4n) is 1.51. The predicted molar refractivity (Wildman–Crippen MR) is 54.0 cm³/mol. The molecule has 1 nitrogen and oxygen atoms in total. The van der Waals surface area contributed by atoms with Gasteiger partial charge in [0.15, 0.2) is 11.6 Å². The van der Waals surface area contributed by atoms with Crippen molar-refractivity contribution in [2.45, 2.75) is 13.0 Å². The van der Waals surface area contributed by atoms with Gasteiger partial charge in [-0.15, -0.1) is 0 Å². The first kappa shape index (κ1) is 10.1. The van der Waals surface area contributed by atoms with Crippen LogP contribution in [0.2, 0.25) is 0 Å². The van der Waals surface area contributed by atoms with Crippen molar-refractivity contribution in [2.75, 3.05) is 13.1 Å². The molecule has 0 aliphatic carbocycles. The predicted octanol–water partition coefficient (Wildman–Crippen LogP) is 2.93. The highest BCUT2D eigenvalue weighted by Crippen LogP contribution is 2.22. The van der Waals surface area contributed by atoms with E-state index < -0.39 is 11.6 Å². The Kier molecular flexibility index (Phi) is 2.83. The lowest BCUT2D eigenvalue weighted by Gasteiger charge is -2.30. The molecule has 0 saturated carbocycles. The van der Waals surface area contributed by atoms with Crippen LogP contribution < -0.4 is 0 Å². The first-order chi connectivity index (χ1) is 6.66. The van der Waals surface area contributed by atoms with Crippen molar-refractivity contribution in [1.29, 1.82) is 0 Å². The summed E-state index contributed by atoms with van der Waals surface area (Å²) in [5.41, 5.74) is 0.427. The second-order valence-electron chi connectivity index (χ2n) is 3.49. The molecular formula is C10H10BrF2N. The molecule has 14 heavy (non-hydrogen) atoms. The Morgan fingerprint density at radius 2 is 2.00 bits per heavy atom. The Balaban J connectivity index is 2.22. The average Bonchev–Trinajstić information content (AvgIpc) is 2.05. The summed E-state index contributed by atoms with van der Waals surface area (Å²) in [7, 11) is 0. The van der Waals surface area contributed by atoms with Crippen LogP contribution in [0, 0.1) is 11.6 Å². The first-order valence-electron chi connectivity index (χ1n) is 4.52. The third-order valence-electron chi connectivity index (χ3n) is 2.41. The number of hydrogen-bond donors (Lipinski definition) is 0. The van der Waals surface area contributed by atoms with Gasteiger partial charge >= 0.3 is 0 Å². The standard InChI is InChI=1S/C10H10BrF2N/c11-8-4-7(6-14-2-1-3-14)10(13)9(12)5-8/h4-5H,1-3,6H2. The summed E-state index contributed by atoms with van der Waals surface area (Å²) in [6.45, 7) is 2.46. The Hall–Kier alpha value is -0.480. The third-order valence-corrected chi connectivity index (χ3v) is 2.87. The lowest BCUT2D eigenvalue weighted by Crippen LogP contribution is -2.36. The fourth-order valence-corrected chi connectivity index (χ4v) is 1.98. The maximum atomic E-state index is 13.3. The largest absolute Gasteiger partial charge is 0.299 e. The van der Waals surface area contributed by atoms with Crippen molar-refractivity contribution in [1.82, 2.24) is 4.90 Å². The maximum absolute atomic E-state index is 13.3. The number of rotatable bonds is 2. The highest BCUT2D eigenvalue weighted by molar-refractivity contribution is 9.10. The molecule has 1 heterocycles. The van der Waals surface area contributed by atoms with Gasteiger partial charge in [-0.3, -0.25) is 4.90 Å². The highest BCUT2D eigenvalue weighted by Gasteiger charge is 2.17. The second-order valence-corrected chi connectivity index (χ2v) is 4.41. The molecule has 0 spiro atoms. The van der Waals surface area contributed by atoms with Crippen LogP contribution in [0.15, 0.2) is 16.6 Å². The molecule has 76 valence electrons. The van der Waals surface area contributed by atoms with Gasteiger partial charge in [-0.1, -0.05) is 15.9 Å². The molecule has 1 aliphatic heterocycles. The molecule has 0 N–H and O–H groups in total. The van der Waals surface area contributed by atoms with Gasteiger partial charge in [-0.25, -0.2) is 8.78 Å². The number of hydrogen-bond acceptors (Lipinski definition) is 1. The zero-order valence-electron chi connectivity index (χ0n) is 7.56. The molecule has 0 bridgehead atoms. The molecular weight excluding hydrogens is 252 g/mol. The van der Waals surface area contributed by atoms with E-state index in [-0.39, 0.29) is 0 Å².